The Bertz CT molecular complexity index is 442. The van der Waals surface area contributed by atoms with Crippen LogP contribution in [0.25, 0.3) is 0 Å². The summed E-state index contributed by atoms with van der Waals surface area (Å²) in [5.41, 5.74) is 1.06. The van der Waals surface area contributed by atoms with Crippen LogP contribution in [0.2, 0.25) is 0 Å². The van der Waals surface area contributed by atoms with Crippen molar-refractivity contribution < 1.29 is 4.74 Å². The van der Waals surface area contributed by atoms with E-state index in [0.717, 1.165) is 37.5 Å². The molecule has 0 aliphatic rings. The van der Waals surface area contributed by atoms with E-state index < -0.39 is 0 Å². The molecule has 0 aliphatic heterocycles. The summed E-state index contributed by atoms with van der Waals surface area (Å²) in [5.74, 6) is 1.54. The van der Waals surface area contributed by atoms with Crippen molar-refractivity contribution in [1.82, 2.24) is 15.2 Å². The van der Waals surface area contributed by atoms with Crippen LogP contribution < -0.4 is 10.1 Å². The molecule has 0 saturated heterocycles. The molecule has 5 heteroatoms. The lowest BCUT2D eigenvalue weighted by Crippen LogP contribution is -2.39. The molecule has 1 N–H and O–H groups in total. The van der Waals surface area contributed by atoms with E-state index in [4.69, 9.17) is 4.74 Å². The van der Waals surface area contributed by atoms with Gasteiger partial charge in [0.25, 0.3) is 0 Å². The number of pyridine rings is 1. The van der Waals surface area contributed by atoms with Gasteiger partial charge in [0, 0.05) is 32.4 Å². The lowest BCUT2D eigenvalue weighted by Gasteiger charge is -2.21. The summed E-state index contributed by atoms with van der Waals surface area (Å²) in [5, 5.41) is 3.31. The summed E-state index contributed by atoms with van der Waals surface area (Å²) >= 11 is 0. The quantitative estimate of drug-likeness (QED) is 0.346. The van der Waals surface area contributed by atoms with Crippen LogP contribution in [0.5, 0.6) is 5.88 Å². The molecule has 1 aromatic rings. The molecule has 0 fully saturated rings. The number of rotatable bonds is 8. The second kappa shape index (κ2) is 9.80. The van der Waals surface area contributed by atoms with Gasteiger partial charge in [0.2, 0.25) is 5.88 Å². The maximum Gasteiger partial charge on any atom is 0.212 e. The van der Waals surface area contributed by atoms with Gasteiger partial charge in [-0.05, 0) is 25.3 Å². The molecule has 0 atom stereocenters. The molecule has 0 amide bonds. The Balaban J connectivity index is 2.62. The third-order valence-electron chi connectivity index (χ3n) is 3.02. The molecular formula is C16H26N4O. The first-order chi connectivity index (χ1) is 10.2. The maximum absolute atomic E-state index is 5.05. The first-order valence-corrected chi connectivity index (χ1v) is 7.30. The van der Waals surface area contributed by atoms with Gasteiger partial charge >= 0.3 is 0 Å². The number of methoxy groups -OCH3 is 1. The Kier molecular flexibility index (Phi) is 7.94. The number of hydrogen-bond donors (Lipinski definition) is 1. The fourth-order valence-electron chi connectivity index (χ4n) is 1.84. The van der Waals surface area contributed by atoms with Gasteiger partial charge < -0.3 is 15.0 Å². The van der Waals surface area contributed by atoms with Crippen molar-refractivity contribution in [3.05, 3.63) is 36.5 Å². The van der Waals surface area contributed by atoms with Crippen molar-refractivity contribution in [2.24, 2.45) is 4.99 Å². The lowest BCUT2D eigenvalue weighted by atomic mass is 10.3. The van der Waals surface area contributed by atoms with E-state index in [9.17, 15) is 0 Å². The second-order valence-electron chi connectivity index (χ2n) is 4.73. The first kappa shape index (κ1) is 17.0. The number of nitrogens with zero attached hydrogens (tertiary/aromatic N) is 3. The number of aromatic nitrogens is 1. The number of guanidine groups is 1. The van der Waals surface area contributed by atoms with Crippen molar-refractivity contribution in [3.63, 3.8) is 0 Å². The third-order valence-corrected chi connectivity index (χ3v) is 3.02. The second-order valence-corrected chi connectivity index (χ2v) is 4.73. The monoisotopic (exact) mass is 290 g/mol. The van der Waals surface area contributed by atoms with Crippen LogP contribution in [0, 0.1) is 0 Å². The lowest BCUT2D eigenvalue weighted by molar-refractivity contribution is 0.397. The van der Waals surface area contributed by atoms with Gasteiger partial charge in [-0.2, -0.15) is 0 Å². The van der Waals surface area contributed by atoms with Crippen LogP contribution in [0.1, 0.15) is 25.3 Å². The Morgan fingerprint density at radius 2 is 2.33 bits per heavy atom. The topological polar surface area (TPSA) is 49.8 Å². The minimum atomic E-state index is 0.602. The highest BCUT2D eigenvalue weighted by Gasteiger charge is 2.04. The predicted molar refractivity (Wildman–Crippen MR) is 87.7 cm³/mol. The molecule has 5 nitrogen and oxygen atoms in total. The van der Waals surface area contributed by atoms with E-state index in [2.05, 4.69) is 40.7 Å². The highest BCUT2D eigenvalue weighted by atomic mass is 16.5. The number of allylic oxidation sites excluding steroid dienone is 1. The highest BCUT2D eigenvalue weighted by molar-refractivity contribution is 5.79. The molecule has 0 aromatic carbocycles. The van der Waals surface area contributed by atoms with Crippen LogP contribution in [0.15, 0.2) is 36.0 Å². The van der Waals surface area contributed by atoms with Crippen molar-refractivity contribution in [2.75, 3.05) is 27.2 Å². The van der Waals surface area contributed by atoms with Crippen LogP contribution in [0.3, 0.4) is 0 Å². The molecule has 0 spiro atoms. The average molecular weight is 290 g/mol. The first-order valence-electron chi connectivity index (χ1n) is 7.30. The van der Waals surface area contributed by atoms with Gasteiger partial charge in [0.15, 0.2) is 5.96 Å². The van der Waals surface area contributed by atoms with Gasteiger partial charge in [-0.1, -0.05) is 12.1 Å². The van der Waals surface area contributed by atoms with E-state index in [1.165, 1.54) is 0 Å². The molecule has 0 saturated carbocycles. The Morgan fingerprint density at radius 1 is 1.52 bits per heavy atom. The number of hydrogen-bond acceptors (Lipinski definition) is 3. The fraction of sp³-hybridized carbons (Fsp3) is 0.500. The average Bonchev–Trinajstić information content (AvgIpc) is 2.52. The summed E-state index contributed by atoms with van der Waals surface area (Å²) in [6, 6.07) is 3.84. The van der Waals surface area contributed by atoms with Gasteiger partial charge in [-0.15, -0.1) is 6.58 Å². The van der Waals surface area contributed by atoms with E-state index in [1.807, 2.05) is 18.2 Å². The van der Waals surface area contributed by atoms with Gasteiger partial charge in [0.1, 0.15) is 0 Å². The van der Waals surface area contributed by atoms with Gasteiger partial charge in [-0.25, -0.2) is 9.98 Å². The van der Waals surface area contributed by atoms with Gasteiger partial charge in [0.05, 0.1) is 13.7 Å². The molecule has 21 heavy (non-hydrogen) atoms. The molecule has 0 radical (unpaired) electrons. The molecule has 0 unspecified atom stereocenters. The maximum atomic E-state index is 5.05. The zero-order valence-electron chi connectivity index (χ0n) is 13.3. The zero-order valence-corrected chi connectivity index (χ0v) is 13.3. The third kappa shape index (κ3) is 6.29. The summed E-state index contributed by atoms with van der Waals surface area (Å²) in [6.07, 6.45) is 5.84. The molecule has 1 rings (SSSR count). The molecule has 1 heterocycles. The van der Waals surface area contributed by atoms with E-state index in [1.54, 1.807) is 13.3 Å². The van der Waals surface area contributed by atoms with E-state index in [0.29, 0.717) is 12.4 Å². The van der Waals surface area contributed by atoms with Crippen LogP contribution in [-0.4, -0.2) is 43.1 Å². The normalized spacial score (nSPS) is 11.1. The summed E-state index contributed by atoms with van der Waals surface area (Å²) in [7, 11) is 3.67. The Labute approximate surface area is 127 Å². The number of unbranched alkanes of at least 4 members (excludes halogenated alkanes) is 1. The van der Waals surface area contributed by atoms with Crippen LogP contribution in [-0.2, 0) is 6.54 Å². The molecule has 0 bridgehead atoms. The summed E-state index contributed by atoms with van der Waals surface area (Å²) in [6.45, 7) is 8.23. The molecular weight excluding hydrogens is 264 g/mol. The molecule has 1 aromatic heterocycles. The minimum Gasteiger partial charge on any atom is -0.481 e. The number of ether oxygens (including phenoxy) is 1. The van der Waals surface area contributed by atoms with Crippen LogP contribution in [0.4, 0.5) is 0 Å². The minimum absolute atomic E-state index is 0.602. The van der Waals surface area contributed by atoms with Crippen LogP contribution >= 0.6 is 0 Å². The Hall–Kier alpha value is -2.04. The smallest absolute Gasteiger partial charge is 0.212 e. The zero-order chi connectivity index (χ0) is 15.5. The standard InChI is InChI=1S/C16H26N4O/c1-5-7-8-11-20(3)16(17-6-2)19-13-14-9-10-15(21-4)18-12-14/h5,9-10,12H,1,6-8,11,13H2,2-4H3,(H,17,19). The van der Waals surface area contributed by atoms with Crippen molar-refractivity contribution in [2.45, 2.75) is 26.3 Å². The number of aliphatic imine (C=N–C) groups is 1. The predicted octanol–water partition coefficient (Wildman–Crippen LogP) is 2.45. The summed E-state index contributed by atoms with van der Waals surface area (Å²) < 4.78 is 5.05. The van der Waals surface area contributed by atoms with Crippen molar-refractivity contribution in [1.29, 1.82) is 0 Å². The highest BCUT2D eigenvalue weighted by Crippen LogP contribution is 2.07. The fourth-order valence-corrected chi connectivity index (χ4v) is 1.84. The van der Waals surface area contributed by atoms with Crippen molar-refractivity contribution >= 4 is 5.96 Å². The Morgan fingerprint density at radius 3 is 2.90 bits per heavy atom. The van der Waals surface area contributed by atoms with Gasteiger partial charge in [-0.3, -0.25) is 0 Å². The summed E-state index contributed by atoms with van der Waals surface area (Å²) in [4.78, 5) is 11.0. The largest absolute Gasteiger partial charge is 0.481 e. The molecule has 0 aliphatic carbocycles. The van der Waals surface area contributed by atoms with Crippen molar-refractivity contribution in [3.8, 4) is 5.88 Å². The SMILES string of the molecule is C=CCCCN(C)C(=NCc1ccc(OC)nc1)NCC. The number of nitrogens with one attached hydrogen (secondary N) is 1. The van der Waals surface area contributed by atoms with E-state index in [-0.39, 0.29) is 0 Å². The molecule has 116 valence electrons. The van der Waals surface area contributed by atoms with E-state index >= 15 is 0 Å².